The van der Waals surface area contributed by atoms with E-state index in [2.05, 4.69) is 20.3 Å². The van der Waals surface area contributed by atoms with Crippen LogP contribution in [-0.2, 0) is 4.79 Å². The number of aromatic amines is 1. The lowest BCUT2D eigenvalue weighted by molar-refractivity contribution is -0.121. The van der Waals surface area contributed by atoms with Crippen LogP contribution >= 0.6 is 0 Å². The minimum absolute atomic E-state index is 0.0323. The van der Waals surface area contributed by atoms with Crippen molar-refractivity contribution in [2.45, 2.75) is 51.7 Å². The van der Waals surface area contributed by atoms with E-state index in [1.54, 1.807) is 10.9 Å². The highest BCUT2D eigenvalue weighted by atomic mass is 16.2. The van der Waals surface area contributed by atoms with Gasteiger partial charge in [-0.25, -0.2) is 9.48 Å². The summed E-state index contributed by atoms with van der Waals surface area (Å²) in [6, 6.07) is 9.69. The van der Waals surface area contributed by atoms with Crippen molar-refractivity contribution in [2.24, 2.45) is 0 Å². The van der Waals surface area contributed by atoms with Crippen LogP contribution in [0.25, 0.3) is 11.0 Å². The minimum Gasteiger partial charge on any atom is -0.310 e. The second-order valence-corrected chi connectivity index (χ2v) is 8.00. The van der Waals surface area contributed by atoms with Crippen molar-refractivity contribution in [3.05, 3.63) is 47.0 Å². The van der Waals surface area contributed by atoms with Gasteiger partial charge in [0, 0.05) is 31.2 Å². The molecule has 1 aliphatic rings. The molecule has 154 valence electrons. The zero-order valence-electron chi connectivity index (χ0n) is 17.1. The summed E-state index contributed by atoms with van der Waals surface area (Å²) in [5.41, 5.74) is 1.76. The monoisotopic (exact) mass is 396 g/mol. The molecule has 8 nitrogen and oxygen atoms in total. The van der Waals surface area contributed by atoms with Crippen LogP contribution in [0.1, 0.15) is 45.7 Å². The van der Waals surface area contributed by atoms with E-state index >= 15 is 0 Å². The fourth-order valence-electron chi connectivity index (χ4n) is 4.19. The third-order valence-corrected chi connectivity index (χ3v) is 5.83. The summed E-state index contributed by atoms with van der Waals surface area (Å²) in [7, 11) is 0. The van der Waals surface area contributed by atoms with Gasteiger partial charge in [0.2, 0.25) is 5.91 Å². The molecule has 1 amide bonds. The Kier molecular flexibility index (Phi) is 5.27. The molecular weight excluding hydrogens is 368 g/mol. The lowest BCUT2D eigenvalue weighted by Crippen LogP contribution is -2.47. The molecule has 8 heteroatoms. The highest BCUT2D eigenvalue weighted by molar-refractivity contribution is 5.93. The van der Waals surface area contributed by atoms with E-state index in [0.717, 1.165) is 42.8 Å². The van der Waals surface area contributed by atoms with E-state index in [4.69, 9.17) is 0 Å². The number of nitrogens with zero attached hydrogens (tertiary/aromatic N) is 4. The molecule has 0 spiro atoms. The summed E-state index contributed by atoms with van der Waals surface area (Å²) < 4.78 is 3.68. The summed E-state index contributed by atoms with van der Waals surface area (Å²) in [5, 5.41) is 7.27. The molecule has 3 heterocycles. The summed E-state index contributed by atoms with van der Waals surface area (Å²) in [6.45, 7) is 7.54. The van der Waals surface area contributed by atoms with Crippen molar-refractivity contribution in [3.8, 4) is 0 Å². The number of carbonyl (C=O) groups excluding carboxylic acids is 1. The van der Waals surface area contributed by atoms with Gasteiger partial charge in [0.25, 0.3) is 0 Å². The number of rotatable bonds is 5. The number of amides is 1. The molecule has 1 unspecified atom stereocenters. The number of anilines is 1. The predicted octanol–water partition coefficient (Wildman–Crippen LogP) is 2.77. The van der Waals surface area contributed by atoms with Crippen LogP contribution in [0.2, 0.25) is 0 Å². The topological polar surface area (TPSA) is 87.9 Å². The number of carbonyl (C=O) groups is 1. The summed E-state index contributed by atoms with van der Waals surface area (Å²) in [4.78, 5) is 30.3. The van der Waals surface area contributed by atoms with E-state index < -0.39 is 0 Å². The lowest BCUT2D eigenvalue weighted by atomic mass is 10.0. The number of piperidine rings is 1. The highest BCUT2D eigenvalue weighted by Crippen LogP contribution is 2.26. The summed E-state index contributed by atoms with van der Waals surface area (Å²) in [5.74, 6) is 0.687. The molecule has 29 heavy (non-hydrogen) atoms. The Morgan fingerprint density at radius 3 is 2.62 bits per heavy atom. The van der Waals surface area contributed by atoms with E-state index in [1.807, 2.05) is 55.7 Å². The number of H-pyrrole nitrogens is 1. The normalized spacial score (nSPS) is 17.1. The molecule has 0 bridgehead atoms. The fourth-order valence-corrected chi connectivity index (χ4v) is 4.19. The van der Waals surface area contributed by atoms with Crippen molar-refractivity contribution in [2.75, 3.05) is 18.4 Å². The van der Waals surface area contributed by atoms with Gasteiger partial charge in [0.1, 0.15) is 5.82 Å². The van der Waals surface area contributed by atoms with Gasteiger partial charge in [-0.2, -0.15) is 5.10 Å². The number of imidazole rings is 1. The van der Waals surface area contributed by atoms with Crippen LogP contribution < -0.4 is 11.0 Å². The molecular formula is C21H28N6O2. The Labute approximate surface area is 169 Å². The van der Waals surface area contributed by atoms with Gasteiger partial charge >= 0.3 is 5.69 Å². The number of aromatic nitrogens is 4. The van der Waals surface area contributed by atoms with Crippen molar-refractivity contribution in [1.29, 1.82) is 0 Å². The smallest absolute Gasteiger partial charge is 0.310 e. The fraction of sp³-hybridized carbons (Fsp3) is 0.476. The Bertz CT molecular complexity index is 1050. The number of hydrogen-bond acceptors (Lipinski definition) is 4. The standard InChI is InChI=1S/C21H28N6O2/c1-14(2)27-19(8-11-22-27)24-20(28)15(3)25-12-9-16(10-13-25)26-18-7-5-4-6-17(18)23-21(26)29/h4-8,11,14-16H,9-10,12-13H2,1-3H3,(H,23,29)(H,24,28). The van der Waals surface area contributed by atoms with Crippen molar-refractivity contribution >= 4 is 22.8 Å². The SMILES string of the molecule is CC(C(=O)Nc1ccnn1C(C)C)N1CCC(n2c(=O)[nH]c3ccccc32)CC1. The minimum atomic E-state index is -0.244. The van der Waals surface area contributed by atoms with Crippen LogP contribution in [0.3, 0.4) is 0 Å². The molecule has 3 aromatic rings. The van der Waals surface area contributed by atoms with E-state index in [-0.39, 0.29) is 29.7 Å². The maximum atomic E-state index is 12.8. The van der Waals surface area contributed by atoms with Crippen molar-refractivity contribution in [3.63, 3.8) is 0 Å². The van der Waals surface area contributed by atoms with E-state index in [0.29, 0.717) is 0 Å². The van der Waals surface area contributed by atoms with E-state index in [1.165, 1.54) is 0 Å². The summed E-state index contributed by atoms with van der Waals surface area (Å²) >= 11 is 0. The average Bonchev–Trinajstić information content (AvgIpc) is 3.31. The number of benzene rings is 1. The third-order valence-electron chi connectivity index (χ3n) is 5.83. The van der Waals surface area contributed by atoms with Gasteiger partial charge in [-0.3, -0.25) is 14.3 Å². The largest absolute Gasteiger partial charge is 0.326 e. The first kappa shape index (κ1) is 19.4. The number of nitrogens with one attached hydrogen (secondary N) is 2. The van der Waals surface area contributed by atoms with Crippen molar-refractivity contribution in [1.82, 2.24) is 24.2 Å². The quantitative estimate of drug-likeness (QED) is 0.694. The maximum Gasteiger partial charge on any atom is 0.326 e. The van der Waals surface area contributed by atoms with Crippen molar-refractivity contribution < 1.29 is 4.79 Å². The molecule has 0 saturated carbocycles. The second kappa shape index (κ2) is 7.87. The Balaban J connectivity index is 1.41. The molecule has 2 N–H and O–H groups in total. The third kappa shape index (κ3) is 3.72. The first-order chi connectivity index (χ1) is 14.0. The second-order valence-electron chi connectivity index (χ2n) is 8.00. The van der Waals surface area contributed by atoms with Gasteiger partial charge < -0.3 is 10.3 Å². The highest BCUT2D eigenvalue weighted by Gasteiger charge is 2.29. The first-order valence-electron chi connectivity index (χ1n) is 10.2. The van der Waals surface area contributed by atoms with Gasteiger partial charge in [-0.15, -0.1) is 0 Å². The molecule has 1 saturated heterocycles. The Morgan fingerprint density at radius 2 is 1.90 bits per heavy atom. The lowest BCUT2D eigenvalue weighted by Gasteiger charge is -2.35. The van der Waals surface area contributed by atoms with Crippen LogP contribution in [0.15, 0.2) is 41.3 Å². The molecule has 1 fully saturated rings. The van der Waals surface area contributed by atoms with Gasteiger partial charge in [0.05, 0.1) is 23.3 Å². The predicted molar refractivity (Wildman–Crippen MR) is 113 cm³/mol. The van der Waals surface area contributed by atoms with Crippen LogP contribution in [0.5, 0.6) is 0 Å². The molecule has 2 aromatic heterocycles. The van der Waals surface area contributed by atoms with Crippen LogP contribution in [0, 0.1) is 0 Å². The maximum absolute atomic E-state index is 12.8. The number of hydrogen-bond donors (Lipinski definition) is 2. The molecule has 1 aliphatic heterocycles. The Hall–Kier alpha value is -2.87. The number of fused-ring (bicyclic) bond motifs is 1. The molecule has 0 aliphatic carbocycles. The first-order valence-corrected chi connectivity index (χ1v) is 10.2. The van der Waals surface area contributed by atoms with E-state index in [9.17, 15) is 9.59 Å². The van der Waals surface area contributed by atoms with Gasteiger partial charge in [0.15, 0.2) is 0 Å². The summed E-state index contributed by atoms with van der Waals surface area (Å²) in [6.07, 6.45) is 3.37. The Morgan fingerprint density at radius 1 is 1.17 bits per heavy atom. The van der Waals surface area contributed by atoms with Crippen LogP contribution in [-0.4, -0.2) is 49.3 Å². The molecule has 1 aromatic carbocycles. The van der Waals surface area contributed by atoms with Gasteiger partial charge in [-0.05, 0) is 45.7 Å². The average molecular weight is 396 g/mol. The number of para-hydroxylation sites is 2. The van der Waals surface area contributed by atoms with Gasteiger partial charge in [-0.1, -0.05) is 12.1 Å². The zero-order chi connectivity index (χ0) is 20.5. The number of likely N-dealkylation sites (tertiary alicyclic amines) is 1. The zero-order valence-corrected chi connectivity index (χ0v) is 17.1. The molecule has 0 radical (unpaired) electrons. The molecule has 4 rings (SSSR count). The van der Waals surface area contributed by atoms with Crippen LogP contribution in [0.4, 0.5) is 5.82 Å². The molecule has 1 atom stereocenters.